The Morgan fingerprint density at radius 2 is 2.37 bits per heavy atom. The van der Waals surface area contributed by atoms with Crippen molar-refractivity contribution in [2.24, 2.45) is 5.73 Å². The van der Waals surface area contributed by atoms with Gasteiger partial charge in [0, 0.05) is 17.3 Å². The summed E-state index contributed by atoms with van der Waals surface area (Å²) >= 11 is 2.75. The number of aromatic nitrogens is 1. The Morgan fingerprint density at radius 3 is 2.95 bits per heavy atom. The Kier molecular flexibility index (Phi) is 3.94. The molecule has 2 aromatic rings. The van der Waals surface area contributed by atoms with Crippen molar-refractivity contribution in [2.75, 3.05) is 5.32 Å². The van der Waals surface area contributed by atoms with Gasteiger partial charge in [-0.3, -0.25) is 4.79 Å². The van der Waals surface area contributed by atoms with Gasteiger partial charge in [0.25, 0.3) is 5.91 Å². The van der Waals surface area contributed by atoms with E-state index < -0.39 is 5.91 Å². The lowest BCUT2D eigenvalue weighted by Crippen LogP contribution is -2.11. The van der Waals surface area contributed by atoms with Crippen LogP contribution in [-0.2, 0) is 0 Å². The summed E-state index contributed by atoms with van der Waals surface area (Å²) in [6.45, 7) is 1.87. The van der Waals surface area contributed by atoms with Crippen LogP contribution in [0.15, 0.2) is 23.0 Å². The van der Waals surface area contributed by atoms with Gasteiger partial charge in [-0.2, -0.15) is 5.26 Å². The molecule has 2 aromatic heterocycles. The minimum atomic E-state index is -0.499. The number of hydrogen-bond donors (Lipinski definition) is 2. The molecule has 0 radical (unpaired) electrons. The number of aryl methyl sites for hydroxylation is 1. The topological polar surface area (TPSA) is 91.8 Å². The van der Waals surface area contributed by atoms with Crippen LogP contribution in [0, 0.1) is 18.3 Å². The first kappa shape index (κ1) is 13.3. The van der Waals surface area contributed by atoms with E-state index in [2.05, 4.69) is 16.4 Å². The fourth-order valence-electron chi connectivity index (χ4n) is 1.37. The third-order valence-electron chi connectivity index (χ3n) is 2.25. The second-order valence-corrected chi connectivity index (χ2v) is 5.41. The molecule has 0 aliphatic carbocycles. The molecule has 0 saturated heterocycles. The summed E-state index contributed by atoms with van der Waals surface area (Å²) < 4.78 is 0. The van der Waals surface area contributed by atoms with Crippen LogP contribution in [-0.4, -0.2) is 10.9 Å². The molecule has 0 aliphatic heterocycles. The summed E-state index contributed by atoms with van der Waals surface area (Å²) in [4.78, 5) is 15.4. The van der Waals surface area contributed by atoms with Gasteiger partial charge in [-0.15, -0.1) is 22.7 Å². The number of anilines is 1. The van der Waals surface area contributed by atoms with Gasteiger partial charge < -0.3 is 11.1 Å². The van der Waals surface area contributed by atoms with Gasteiger partial charge in [-0.25, -0.2) is 4.98 Å². The van der Waals surface area contributed by atoms with Crippen LogP contribution in [0.4, 0.5) is 5.00 Å². The number of carbonyl (C=O) groups is 1. The lowest BCUT2D eigenvalue weighted by molar-refractivity contribution is 0.100. The van der Waals surface area contributed by atoms with E-state index in [0.29, 0.717) is 21.1 Å². The number of nitrogens with one attached hydrogen (secondary N) is 1. The molecule has 0 aliphatic rings. The molecule has 96 valence electrons. The predicted octanol–water partition coefficient (Wildman–Crippen LogP) is 2.59. The maximum atomic E-state index is 11.2. The average Bonchev–Trinajstić information content (AvgIpc) is 2.99. The highest BCUT2D eigenvalue weighted by Crippen LogP contribution is 2.24. The first-order valence-electron chi connectivity index (χ1n) is 5.28. The van der Waals surface area contributed by atoms with Crippen LogP contribution in [0.2, 0.25) is 0 Å². The Morgan fingerprint density at radius 1 is 1.58 bits per heavy atom. The first-order chi connectivity index (χ1) is 9.11. The van der Waals surface area contributed by atoms with Crippen molar-refractivity contribution < 1.29 is 4.79 Å². The zero-order valence-electron chi connectivity index (χ0n) is 10.0. The van der Waals surface area contributed by atoms with Gasteiger partial charge in [0.05, 0.1) is 5.56 Å². The zero-order valence-corrected chi connectivity index (χ0v) is 11.6. The largest absolute Gasteiger partial charge is 0.366 e. The van der Waals surface area contributed by atoms with Crippen LogP contribution >= 0.6 is 22.7 Å². The highest BCUT2D eigenvalue weighted by Gasteiger charge is 2.10. The van der Waals surface area contributed by atoms with Gasteiger partial charge in [0.1, 0.15) is 21.7 Å². The summed E-state index contributed by atoms with van der Waals surface area (Å²) in [5.41, 5.74) is 6.94. The highest BCUT2D eigenvalue weighted by atomic mass is 32.1. The molecule has 0 saturated carbocycles. The SMILES string of the molecule is Cc1csc(/C(C#N)=C/Nc2sccc2C(N)=O)n1. The number of primary amides is 1. The second kappa shape index (κ2) is 5.65. The van der Waals surface area contributed by atoms with E-state index in [1.165, 1.54) is 28.9 Å². The number of nitrogens with zero attached hydrogens (tertiary/aromatic N) is 2. The fraction of sp³-hybridized carbons (Fsp3) is 0.0833. The van der Waals surface area contributed by atoms with Crippen molar-refractivity contribution in [1.82, 2.24) is 4.98 Å². The standard InChI is InChI=1S/C12H10N4OS2/c1-7-6-19-11(16-7)8(4-13)5-15-12-9(10(14)17)2-3-18-12/h2-3,5-6,15H,1H3,(H2,14,17)/b8-5+. The van der Waals surface area contributed by atoms with Crippen molar-refractivity contribution in [3.8, 4) is 6.07 Å². The Bertz CT molecular complexity index is 678. The van der Waals surface area contributed by atoms with Crippen LogP contribution < -0.4 is 11.1 Å². The highest BCUT2D eigenvalue weighted by molar-refractivity contribution is 7.14. The van der Waals surface area contributed by atoms with Gasteiger partial charge in [-0.1, -0.05) is 0 Å². The van der Waals surface area contributed by atoms with Gasteiger partial charge in [0.2, 0.25) is 0 Å². The van der Waals surface area contributed by atoms with Gasteiger partial charge in [0.15, 0.2) is 0 Å². The number of thiophene rings is 1. The molecule has 0 bridgehead atoms. The molecular formula is C12H10N4OS2. The normalized spacial score (nSPS) is 11.1. The number of carbonyl (C=O) groups excluding carboxylic acids is 1. The number of rotatable bonds is 4. The van der Waals surface area contributed by atoms with E-state index in [1.807, 2.05) is 12.3 Å². The lowest BCUT2D eigenvalue weighted by atomic mass is 10.3. The third kappa shape index (κ3) is 2.99. The maximum absolute atomic E-state index is 11.2. The fourth-order valence-corrected chi connectivity index (χ4v) is 2.90. The number of thiazole rings is 1. The minimum absolute atomic E-state index is 0.411. The average molecular weight is 290 g/mol. The molecule has 3 N–H and O–H groups in total. The van der Waals surface area contributed by atoms with E-state index in [1.54, 1.807) is 11.4 Å². The van der Waals surface area contributed by atoms with Crippen molar-refractivity contribution in [3.63, 3.8) is 0 Å². The van der Waals surface area contributed by atoms with Crippen LogP contribution in [0.5, 0.6) is 0 Å². The van der Waals surface area contributed by atoms with E-state index in [9.17, 15) is 4.79 Å². The van der Waals surface area contributed by atoms with Crippen LogP contribution in [0.3, 0.4) is 0 Å². The molecule has 0 fully saturated rings. The van der Waals surface area contributed by atoms with E-state index in [4.69, 9.17) is 11.0 Å². The summed E-state index contributed by atoms with van der Waals surface area (Å²) in [6.07, 6.45) is 1.54. The molecular weight excluding hydrogens is 280 g/mol. The maximum Gasteiger partial charge on any atom is 0.251 e. The molecule has 2 rings (SSSR count). The predicted molar refractivity (Wildman–Crippen MR) is 76.9 cm³/mol. The van der Waals surface area contributed by atoms with Gasteiger partial charge >= 0.3 is 0 Å². The zero-order chi connectivity index (χ0) is 13.8. The van der Waals surface area contributed by atoms with Crippen molar-refractivity contribution in [2.45, 2.75) is 6.92 Å². The lowest BCUT2D eigenvalue weighted by Gasteiger charge is -2.00. The molecule has 1 amide bonds. The smallest absolute Gasteiger partial charge is 0.251 e. The number of allylic oxidation sites excluding steroid dienone is 1. The van der Waals surface area contributed by atoms with E-state index in [0.717, 1.165) is 5.69 Å². The first-order valence-corrected chi connectivity index (χ1v) is 7.04. The number of nitriles is 1. The van der Waals surface area contributed by atoms with Crippen LogP contribution in [0.25, 0.3) is 5.57 Å². The summed E-state index contributed by atoms with van der Waals surface area (Å²) in [5.74, 6) is -0.499. The minimum Gasteiger partial charge on any atom is -0.366 e. The summed E-state index contributed by atoms with van der Waals surface area (Å²) in [6, 6.07) is 3.72. The second-order valence-electron chi connectivity index (χ2n) is 3.64. The van der Waals surface area contributed by atoms with Crippen molar-refractivity contribution in [3.05, 3.63) is 39.3 Å². The quantitative estimate of drug-likeness (QED) is 0.846. The monoisotopic (exact) mass is 290 g/mol. The number of nitrogens with two attached hydrogens (primary N) is 1. The number of hydrogen-bond acceptors (Lipinski definition) is 6. The van der Waals surface area contributed by atoms with Gasteiger partial charge in [-0.05, 0) is 18.4 Å². The molecule has 19 heavy (non-hydrogen) atoms. The molecule has 0 unspecified atom stereocenters. The molecule has 0 aromatic carbocycles. The molecule has 7 heteroatoms. The Hall–Kier alpha value is -2.17. The van der Waals surface area contributed by atoms with E-state index in [-0.39, 0.29) is 0 Å². The van der Waals surface area contributed by atoms with Crippen LogP contribution in [0.1, 0.15) is 21.1 Å². The number of amides is 1. The third-order valence-corrected chi connectivity index (χ3v) is 4.09. The van der Waals surface area contributed by atoms with Crippen molar-refractivity contribution in [1.29, 1.82) is 5.26 Å². The summed E-state index contributed by atoms with van der Waals surface area (Å²) in [5, 5.41) is 16.9. The summed E-state index contributed by atoms with van der Waals surface area (Å²) in [7, 11) is 0. The molecule has 0 atom stereocenters. The van der Waals surface area contributed by atoms with E-state index >= 15 is 0 Å². The Balaban J connectivity index is 2.23. The molecule has 0 spiro atoms. The molecule has 5 nitrogen and oxygen atoms in total. The van der Waals surface area contributed by atoms with Crippen molar-refractivity contribution >= 4 is 39.2 Å². The molecule has 2 heterocycles. The Labute approximate surface area is 118 Å².